The van der Waals surface area contributed by atoms with E-state index in [9.17, 15) is 0 Å². The molecule has 0 spiro atoms. The van der Waals surface area contributed by atoms with Crippen molar-refractivity contribution in [2.24, 2.45) is 11.1 Å². The highest BCUT2D eigenvalue weighted by Crippen LogP contribution is 2.20. The molecule has 0 fully saturated rings. The van der Waals surface area contributed by atoms with Crippen LogP contribution in [0.5, 0.6) is 0 Å². The fourth-order valence-corrected chi connectivity index (χ4v) is 1.93. The highest BCUT2D eigenvalue weighted by atomic mass is 15.2. The van der Waals surface area contributed by atoms with Gasteiger partial charge in [0.1, 0.15) is 0 Å². The van der Waals surface area contributed by atoms with Gasteiger partial charge in [0.15, 0.2) is 0 Å². The van der Waals surface area contributed by atoms with E-state index in [1.54, 1.807) is 0 Å². The molecule has 0 rings (SSSR count). The molecular formula is C13H30N2. The van der Waals surface area contributed by atoms with E-state index in [1.165, 1.54) is 25.8 Å². The molecular weight excluding hydrogens is 184 g/mol. The van der Waals surface area contributed by atoms with Crippen LogP contribution in [-0.2, 0) is 0 Å². The summed E-state index contributed by atoms with van der Waals surface area (Å²) in [5.41, 5.74) is 6.10. The van der Waals surface area contributed by atoms with E-state index in [1.807, 2.05) is 0 Å². The van der Waals surface area contributed by atoms with E-state index in [2.05, 4.69) is 39.5 Å². The van der Waals surface area contributed by atoms with Crippen molar-refractivity contribution >= 4 is 0 Å². The normalized spacial score (nSPS) is 12.8. The number of hydrogen-bond donors (Lipinski definition) is 1. The van der Waals surface area contributed by atoms with Crippen LogP contribution in [0, 0.1) is 5.41 Å². The van der Waals surface area contributed by atoms with E-state index in [0.29, 0.717) is 5.41 Å². The Morgan fingerprint density at radius 3 is 1.93 bits per heavy atom. The molecule has 0 unspecified atom stereocenters. The molecule has 0 radical (unpaired) electrons. The molecule has 92 valence electrons. The van der Waals surface area contributed by atoms with Crippen LogP contribution in [0.25, 0.3) is 0 Å². The topological polar surface area (TPSA) is 29.3 Å². The van der Waals surface area contributed by atoms with Crippen molar-refractivity contribution in [3.63, 3.8) is 0 Å². The molecule has 0 aromatic carbocycles. The Kier molecular flexibility index (Phi) is 7.20. The first-order chi connectivity index (χ1) is 6.94. The van der Waals surface area contributed by atoms with Crippen molar-refractivity contribution in [3.05, 3.63) is 0 Å². The summed E-state index contributed by atoms with van der Waals surface area (Å²) in [6, 6.07) is 0.718. The van der Waals surface area contributed by atoms with Gasteiger partial charge < -0.3 is 5.73 Å². The number of nitrogens with two attached hydrogens (primary N) is 1. The zero-order valence-corrected chi connectivity index (χ0v) is 11.3. The van der Waals surface area contributed by atoms with Crippen LogP contribution in [0.4, 0.5) is 0 Å². The zero-order chi connectivity index (χ0) is 11.9. The van der Waals surface area contributed by atoms with E-state index in [-0.39, 0.29) is 0 Å². The lowest BCUT2D eigenvalue weighted by molar-refractivity contribution is 0.165. The third-order valence-electron chi connectivity index (χ3n) is 3.02. The van der Waals surface area contributed by atoms with Gasteiger partial charge in [-0.05, 0) is 31.2 Å². The summed E-state index contributed by atoms with van der Waals surface area (Å²) in [4.78, 5) is 2.56. The predicted octanol–water partition coefficient (Wildman–Crippen LogP) is 2.87. The number of rotatable bonds is 7. The standard InChI is InChI=1S/C13H30N2/c1-6-12(7-2)15(11-9-14)10-8-13(3,4)5/h12H,6-11,14H2,1-5H3. The third kappa shape index (κ3) is 6.91. The molecule has 0 amide bonds. The lowest BCUT2D eigenvalue weighted by Crippen LogP contribution is -2.39. The van der Waals surface area contributed by atoms with Crippen molar-refractivity contribution in [3.8, 4) is 0 Å². The van der Waals surface area contributed by atoms with Crippen molar-refractivity contribution in [1.82, 2.24) is 4.90 Å². The van der Waals surface area contributed by atoms with Gasteiger partial charge in [0.25, 0.3) is 0 Å². The molecule has 2 nitrogen and oxygen atoms in total. The summed E-state index contributed by atoms with van der Waals surface area (Å²) in [6.45, 7) is 14.5. The maximum absolute atomic E-state index is 5.67. The van der Waals surface area contributed by atoms with E-state index in [0.717, 1.165) is 19.1 Å². The van der Waals surface area contributed by atoms with Crippen molar-refractivity contribution in [2.75, 3.05) is 19.6 Å². The second-order valence-electron chi connectivity index (χ2n) is 5.61. The van der Waals surface area contributed by atoms with Crippen LogP contribution in [0.15, 0.2) is 0 Å². The van der Waals surface area contributed by atoms with Gasteiger partial charge in [-0.3, -0.25) is 4.90 Å². The van der Waals surface area contributed by atoms with Gasteiger partial charge in [-0.15, -0.1) is 0 Å². The average Bonchev–Trinajstić information content (AvgIpc) is 2.14. The summed E-state index contributed by atoms with van der Waals surface area (Å²) in [5.74, 6) is 0. The number of nitrogens with zero attached hydrogens (tertiary/aromatic N) is 1. The summed E-state index contributed by atoms with van der Waals surface area (Å²) in [6.07, 6.45) is 3.73. The van der Waals surface area contributed by atoms with E-state index in [4.69, 9.17) is 5.73 Å². The molecule has 0 heterocycles. The van der Waals surface area contributed by atoms with Crippen LogP contribution < -0.4 is 5.73 Å². The molecule has 2 heteroatoms. The van der Waals surface area contributed by atoms with Gasteiger partial charge in [-0.25, -0.2) is 0 Å². The van der Waals surface area contributed by atoms with E-state index >= 15 is 0 Å². The molecule has 0 bridgehead atoms. The molecule has 0 aliphatic heterocycles. The van der Waals surface area contributed by atoms with Crippen LogP contribution in [-0.4, -0.2) is 30.6 Å². The highest BCUT2D eigenvalue weighted by Gasteiger charge is 2.17. The monoisotopic (exact) mass is 214 g/mol. The maximum Gasteiger partial charge on any atom is 0.0108 e. The summed E-state index contributed by atoms with van der Waals surface area (Å²) < 4.78 is 0. The summed E-state index contributed by atoms with van der Waals surface area (Å²) in [7, 11) is 0. The molecule has 0 atom stereocenters. The van der Waals surface area contributed by atoms with Crippen molar-refractivity contribution in [2.45, 2.75) is 59.9 Å². The first-order valence-electron chi connectivity index (χ1n) is 6.38. The van der Waals surface area contributed by atoms with Crippen LogP contribution in [0.2, 0.25) is 0 Å². The second-order valence-corrected chi connectivity index (χ2v) is 5.61. The summed E-state index contributed by atoms with van der Waals surface area (Å²) >= 11 is 0. The molecule has 0 aromatic rings. The molecule has 0 aliphatic rings. The zero-order valence-electron chi connectivity index (χ0n) is 11.3. The summed E-state index contributed by atoms with van der Waals surface area (Å²) in [5, 5.41) is 0. The minimum absolute atomic E-state index is 0.429. The van der Waals surface area contributed by atoms with Gasteiger partial charge in [0.05, 0.1) is 0 Å². The largest absolute Gasteiger partial charge is 0.329 e. The van der Waals surface area contributed by atoms with Gasteiger partial charge in [-0.2, -0.15) is 0 Å². The van der Waals surface area contributed by atoms with Crippen LogP contribution in [0.3, 0.4) is 0 Å². The minimum Gasteiger partial charge on any atom is -0.329 e. The Morgan fingerprint density at radius 1 is 1.07 bits per heavy atom. The lowest BCUT2D eigenvalue weighted by Gasteiger charge is -2.32. The van der Waals surface area contributed by atoms with Gasteiger partial charge >= 0.3 is 0 Å². The van der Waals surface area contributed by atoms with Crippen LogP contribution >= 0.6 is 0 Å². The fraction of sp³-hybridized carbons (Fsp3) is 1.00. The fourth-order valence-electron chi connectivity index (χ4n) is 1.93. The Hall–Kier alpha value is -0.0800. The molecule has 0 aliphatic carbocycles. The van der Waals surface area contributed by atoms with Gasteiger partial charge in [-0.1, -0.05) is 34.6 Å². The smallest absolute Gasteiger partial charge is 0.0108 e. The molecule has 0 saturated heterocycles. The third-order valence-corrected chi connectivity index (χ3v) is 3.02. The molecule has 0 saturated carbocycles. The average molecular weight is 214 g/mol. The van der Waals surface area contributed by atoms with Crippen LogP contribution in [0.1, 0.15) is 53.9 Å². The van der Waals surface area contributed by atoms with Gasteiger partial charge in [0.2, 0.25) is 0 Å². The van der Waals surface area contributed by atoms with Gasteiger partial charge in [0, 0.05) is 19.1 Å². The minimum atomic E-state index is 0.429. The first kappa shape index (κ1) is 14.9. The Labute approximate surface area is 96.2 Å². The molecule has 15 heavy (non-hydrogen) atoms. The molecule has 0 aromatic heterocycles. The van der Waals surface area contributed by atoms with Crippen molar-refractivity contribution in [1.29, 1.82) is 0 Å². The quantitative estimate of drug-likeness (QED) is 0.706. The predicted molar refractivity (Wildman–Crippen MR) is 69.1 cm³/mol. The van der Waals surface area contributed by atoms with Crippen molar-refractivity contribution < 1.29 is 0 Å². The first-order valence-corrected chi connectivity index (χ1v) is 6.38. The number of hydrogen-bond acceptors (Lipinski definition) is 2. The van der Waals surface area contributed by atoms with E-state index < -0.39 is 0 Å². The Bertz CT molecular complexity index is 145. The highest BCUT2D eigenvalue weighted by molar-refractivity contribution is 4.72. The Balaban J connectivity index is 4.13. The Morgan fingerprint density at radius 2 is 1.60 bits per heavy atom. The maximum atomic E-state index is 5.67. The molecule has 2 N–H and O–H groups in total. The lowest BCUT2D eigenvalue weighted by atomic mass is 9.91. The second kappa shape index (κ2) is 7.24. The SMILES string of the molecule is CCC(CC)N(CCN)CCC(C)(C)C.